The molecule has 0 atom stereocenters. The maximum absolute atomic E-state index is 12.2. The van der Waals surface area contributed by atoms with Crippen LogP contribution in [-0.4, -0.2) is 21.4 Å². The minimum absolute atomic E-state index is 0.0248. The molecule has 0 unspecified atom stereocenters. The van der Waals surface area contributed by atoms with Crippen molar-refractivity contribution in [3.63, 3.8) is 0 Å². The van der Waals surface area contributed by atoms with Gasteiger partial charge in [-0.2, -0.15) is 0 Å². The van der Waals surface area contributed by atoms with Crippen molar-refractivity contribution in [1.29, 1.82) is 0 Å². The summed E-state index contributed by atoms with van der Waals surface area (Å²) in [5, 5.41) is 12.6. The normalized spacial score (nSPS) is 10.6. The van der Waals surface area contributed by atoms with Crippen LogP contribution in [0.2, 0.25) is 0 Å². The van der Waals surface area contributed by atoms with Gasteiger partial charge in [0.05, 0.1) is 16.4 Å². The highest BCUT2D eigenvalue weighted by molar-refractivity contribution is 9.10. The average Bonchev–Trinajstić information content (AvgIpc) is 3.09. The van der Waals surface area contributed by atoms with Crippen LogP contribution in [-0.2, 0) is 0 Å². The molecule has 1 heterocycles. The van der Waals surface area contributed by atoms with E-state index in [9.17, 15) is 14.9 Å². The number of benzene rings is 2. The number of thiazole rings is 1. The molecule has 126 valence electrons. The largest absolute Gasteiger partial charge is 0.293 e. The summed E-state index contributed by atoms with van der Waals surface area (Å²) in [5.74, 6) is 0.158. The standard InChI is InChI=1S/C17H11BrN2O3S2/c18-13-5-1-11(2-6-13)15-9-24-17(19-15)25-10-16(21)12-3-7-14(8-4-12)20(22)23/h1-9H,10H2. The third kappa shape index (κ3) is 4.53. The number of rotatable bonds is 6. The van der Waals surface area contributed by atoms with E-state index in [2.05, 4.69) is 20.9 Å². The van der Waals surface area contributed by atoms with Crippen molar-refractivity contribution in [1.82, 2.24) is 4.98 Å². The molecule has 8 heteroatoms. The van der Waals surface area contributed by atoms with Gasteiger partial charge in [-0.3, -0.25) is 14.9 Å². The van der Waals surface area contributed by atoms with Crippen molar-refractivity contribution in [2.75, 3.05) is 5.75 Å². The Hall–Kier alpha value is -2.03. The number of carbonyl (C=O) groups is 1. The Kier molecular flexibility index (Phi) is 5.62. The highest BCUT2D eigenvalue weighted by atomic mass is 79.9. The molecule has 1 aromatic heterocycles. The molecule has 3 aromatic rings. The summed E-state index contributed by atoms with van der Waals surface area (Å²) in [7, 11) is 0. The molecule has 0 N–H and O–H groups in total. The van der Waals surface area contributed by atoms with E-state index in [1.165, 1.54) is 47.4 Å². The van der Waals surface area contributed by atoms with Crippen molar-refractivity contribution < 1.29 is 9.72 Å². The SMILES string of the molecule is O=C(CSc1nc(-c2ccc(Br)cc2)cs1)c1ccc([N+](=O)[O-])cc1. The van der Waals surface area contributed by atoms with E-state index in [0.717, 1.165) is 20.1 Å². The number of non-ortho nitro benzene ring substituents is 1. The predicted octanol–water partition coefficient (Wildman–Crippen LogP) is 5.46. The van der Waals surface area contributed by atoms with Crippen LogP contribution in [0.25, 0.3) is 11.3 Å². The maximum atomic E-state index is 12.2. The zero-order valence-electron chi connectivity index (χ0n) is 12.7. The summed E-state index contributed by atoms with van der Waals surface area (Å²) in [6.45, 7) is 0. The van der Waals surface area contributed by atoms with E-state index < -0.39 is 4.92 Å². The first-order chi connectivity index (χ1) is 12.0. The van der Waals surface area contributed by atoms with E-state index in [4.69, 9.17) is 0 Å². The second-order valence-electron chi connectivity index (χ2n) is 5.02. The van der Waals surface area contributed by atoms with Crippen molar-refractivity contribution in [3.8, 4) is 11.3 Å². The number of aromatic nitrogens is 1. The molecule has 5 nitrogen and oxygen atoms in total. The van der Waals surface area contributed by atoms with Gasteiger partial charge in [-0.1, -0.05) is 39.8 Å². The number of thioether (sulfide) groups is 1. The Morgan fingerprint density at radius 1 is 1.16 bits per heavy atom. The van der Waals surface area contributed by atoms with E-state index in [-0.39, 0.29) is 17.2 Å². The van der Waals surface area contributed by atoms with Gasteiger partial charge in [0.2, 0.25) is 0 Å². The van der Waals surface area contributed by atoms with Gasteiger partial charge in [-0.25, -0.2) is 4.98 Å². The van der Waals surface area contributed by atoms with E-state index in [1.807, 2.05) is 29.6 Å². The van der Waals surface area contributed by atoms with Crippen LogP contribution >= 0.6 is 39.0 Å². The molecular weight excluding hydrogens is 424 g/mol. The molecule has 0 bridgehead atoms. The molecule has 0 aliphatic heterocycles. The van der Waals surface area contributed by atoms with Crippen molar-refractivity contribution in [2.24, 2.45) is 0 Å². The third-order valence-electron chi connectivity index (χ3n) is 3.35. The van der Waals surface area contributed by atoms with Gasteiger partial charge >= 0.3 is 0 Å². The van der Waals surface area contributed by atoms with Crippen molar-refractivity contribution >= 4 is 50.5 Å². The maximum Gasteiger partial charge on any atom is 0.269 e. The Morgan fingerprint density at radius 3 is 2.48 bits per heavy atom. The van der Waals surface area contributed by atoms with Crippen LogP contribution in [0.4, 0.5) is 5.69 Å². The Labute approximate surface area is 160 Å². The lowest BCUT2D eigenvalue weighted by Gasteiger charge is -1.99. The zero-order valence-corrected chi connectivity index (χ0v) is 15.9. The first-order valence-corrected chi connectivity index (χ1v) is 9.80. The fourth-order valence-electron chi connectivity index (χ4n) is 2.06. The van der Waals surface area contributed by atoms with Crippen LogP contribution in [0.15, 0.2) is 62.7 Å². The average molecular weight is 435 g/mol. The summed E-state index contributed by atoms with van der Waals surface area (Å²) >= 11 is 6.26. The summed E-state index contributed by atoms with van der Waals surface area (Å²) < 4.78 is 1.82. The van der Waals surface area contributed by atoms with Crippen molar-refractivity contribution in [3.05, 3.63) is 74.1 Å². The number of nitro groups is 1. The molecule has 0 aliphatic carbocycles. The number of nitrogens with zero attached hydrogens (tertiary/aromatic N) is 2. The lowest BCUT2D eigenvalue weighted by atomic mass is 10.1. The lowest BCUT2D eigenvalue weighted by Crippen LogP contribution is -2.02. The minimum atomic E-state index is -0.484. The van der Waals surface area contributed by atoms with E-state index in [0.29, 0.717) is 5.56 Å². The third-order valence-corrected chi connectivity index (χ3v) is 5.90. The summed E-state index contributed by atoms with van der Waals surface area (Å²) in [6, 6.07) is 13.5. The van der Waals surface area contributed by atoms with Crippen LogP contribution in [0.3, 0.4) is 0 Å². The Balaban J connectivity index is 1.62. The fraction of sp³-hybridized carbons (Fsp3) is 0.0588. The Morgan fingerprint density at radius 2 is 1.84 bits per heavy atom. The molecule has 3 rings (SSSR count). The lowest BCUT2D eigenvalue weighted by molar-refractivity contribution is -0.384. The number of Topliss-reactive ketones (excluding diaryl/α,β-unsaturated/α-hetero) is 1. The molecule has 0 saturated heterocycles. The smallest absolute Gasteiger partial charge is 0.269 e. The van der Waals surface area contributed by atoms with Gasteiger partial charge in [-0.05, 0) is 24.3 Å². The van der Waals surface area contributed by atoms with Gasteiger partial charge in [0.1, 0.15) is 0 Å². The molecule has 0 aliphatic rings. The Bertz CT molecular complexity index is 908. The highest BCUT2D eigenvalue weighted by Gasteiger charge is 2.12. The zero-order chi connectivity index (χ0) is 17.8. The molecule has 0 amide bonds. The van der Waals surface area contributed by atoms with Gasteiger partial charge in [0.25, 0.3) is 5.69 Å². The highest BCUT2D eigenvalue weighted by Crippen LogP contribution is 2.29. The molecule has 0 radical (unpaired) electrons. The van der Waals surface area contributed by atoms with Crippen LogP contribution in [0.5, 0.6) is 0 Å². The first kappa shape index (κ1) is 17.8. The molecule has 25 heavy (non-hydrogen) atoms. The molecule has 0 fully saturated rings. The van der Waals surface area contributed by atoms with E-state index in [1.54, 1.807) is 0 Å². The van der Waals surface area contributed by atoms with Crippen LogP contribution in [0.1, 0.15) is 10.4 Å². The molecular formula is C17H11BrN2O3S2. The number of hydrogen-bond donors (Lipinski definition) is 0. The molecule has 0 spiro atoms. The van der Waals surface area contributed by atoms with Gasteiger partial charge < -0.3 is 0 Å². The second-order valence-corrected chi connectivity index (χ2v) is 8.02. The summed E-state index contributed by atoms with van der Waals surface area (Å²) in [5.41, 5.74) is 2.34. The van der Waals surface area contributed by atoms with E-state index >= 15 is 0 Å². The number of ketones is 1. The number of hydrogen-bond acceptors (Lipinski definition) is 6. The fourth-order valence-corrected chi connectivity index (χ4v) is 4.05. The second kappa shape index (κ2) is 7.90. The quantitative estimate of drug-likeness (QED) is 0.223. The predicted molar refractivity (Wildman–Crippen MR) is 103 cm³/mol. The van der Waals surface area contributed by atoms with Gasteiger partial charge in [-0.15, -0.1) is 11.3 Å². The minimum Gasteiger partial charge on any atom is -0.293 e. The molecule has 0 saturated carbocycles. The molecule has 2 aromatic carbocycles. The van der Waals surface area contributed by atoms with Gasteiger partial charge in [0.15, 0.2) is 10.1 Å². The number of nitro benzene ring substituents is 1. The number of carbonyl (C=O) groups excluding carboxylic acids is 1. The van der Waals surface area contributed by atoms with Gasteiger partial charge in [0, 0.05) is 33.1 Å². The topological polar surface area (TPSA) is 73.1 Å². The monoisotopic (exact) mass is 434 g/mol. The van der Waals surface area contributed by atoms with Crippen LogP contribution < -0.4 is 0 Å². The summed E-state index contributed by atoms with van der Waals surface area (Å²) in [6.07, 6.45) is 0. The van der Waals surface area contributed by atoms with Crippen LogP contribution in [0, 0.1) is 10.1 Å². The first-order valence-electron chi connectivity index (χ1n) is 7.15. The number of halogens is 1. The van der Waals surface area contributed by atoms with Crippen molar-refractivity contribution in [2.45, 2.75) is 4.34 Å². The summed E-state index contributed by atoms with van der Waals surface area (Å²) in [4.78, 5) is 26.9.